The standard InChI is InChI=1S/C31H40N4O7/c1-20(2)17-21-19-42-27-9-5-4-7-24(27)29(37)34-25(18-28(36)35-15-6-8-26(35)31(39)33-21)30(38)32-14-16-41-23-12-10-22(40-3)11-13-23/h4-5,7,9-13,20-21,25-26H,6,8,14-19H2,1-3H3,(H,32,38)(H,33,39)(H,34,37)/t21-,25-,26+/m0/s1. The molecule has 2 heterocycles. The summed E-state index contributed by atoms with van der Waals surface area (Å²) in [5.41, 5.74) is 0.233. The number of carbonyl (C=O) groups is 4. The van der Waals surface area contributed by atoms with E-state index < -0.39 is 23.9 Å². The van der Waals surface area contributed by atoms with Gasteiger partial charge in [-0.25, -0.2) is 0 Å². The summed E-state index contributed by atoms with van der Waals surface area (Å²) in [6, 6.07) is 11.7. The molecule has 4 amide bonds. The molecule has 1 fully saturated rings. The number of para-hydroxylation sites is 1. The molecule has 2 aliphatic heterocycles. The predicted octanol–water partition coefficient (Wildman–Crippen LogP) is 2.29. The molecule has 0 spiro atoms. The molecule has 0 radical (unpaired) electrons. The van der Waals surface area contributed by atoms with Gasteiger partial charge in [-0.2, -0.15) is 0 Å². The highest BCUT2D eigenvalue weighted by molar-refractivity contribution is 6.01. The lowest BCUT2D eigenvalue weighted by molar-refractivity contribution is -0.140. The molecular weight excluding hydrogens is 540 g/mol. The number of hydrogen-bond acceptors (Lipinski definition) is 7. The zero-order valence-electron chi connectivity index (χ0n) is 24.4. The molecule has 2 aliphatic rings. The summed E-state index contributed by atoms with van der Waals surface area (Å²) in [6.07, 6.45) is 1.58. The minimum atomic E-state index is -1.17. The molecule has 0 saturated carbocycles. The summed E-state index contributed by atoms with van der Waals surface area (Å²) in [4.78, 5) is 54.9. The van der Waals surface area contributed by atoms with E-state index in [4.69, 9.17) is 14.2 Å². The summed E-state index contributed by atoms with van der Waals surface area (Å²) in [7, 11) is 1.58. The number of nitrogens with zero attached hydrogens (tertiary/aromatic N) is 1. The van der Waals surface area contributed by atoms with Gasteiger partial charge in [0.2, 0.25) is 17.7 Å². The highest BCUT2D eigenvalue weighted by atomic mass is 16.5. The van der Waals surface area contributed by atoms with Gasteiger partial charge in [-0.1, -0.05) is 26.0 Å². The Morgan fingerprint density at radius 1 is 1.07 bits per heavy atom. The number of benzene rings is 2. The van der Waals surface area contributed by atoms with Crippen molar-refractivity contribution in [3.05, 3.63) is 54.1 Å². The largest absolute Gasteiger partial charge is 0.497 e. The minimum absolute atomic E-state index is 0.150. The van der Waals surface area contributed by atoms with Crippen molar-refractivity contribution in [3.63, 3.8) is 0 Å². The number of methoxy groups -OCH3 is 1. The fraction of sp³-hybridized carbons (Fsp3) is 0.484. The molecule has 11 nitrogen and oxygen atoms in total. The van der Waals surface area contributed by atoms with Gasteiger partial charge in [0.05, 0.1) is 31.7 Å². The van der Waals surface area contributed by atoms with E-state index in [1.807, 2.05) is 0 Å². The van der Waals surface area contributed by atoms with Crippen LogP contribution in [0.3, 0.4) is 0 Å². The van der Waals surface area contributed by atoms with Crippen molar-refractivity contribution in [1.82, 2.24) is 20.9 Å². The molecule has 0 bridgehead atoms. The van der Waals surface area contributed by atoms with Crippen LogP contribution in [-0.2, 0) is 14.4 Å². The lowest BCUT2D eigenvalue weighted by Gasteiger charge is -2.29. The van der Waals surface area contributed by atoms with Gasteiger partial charge >= 0.3 is 0 Å². The molecule has 3 atom stereocenters. The van der Waals surface area contributed by atoms with Crippen LogP contribution in [0.4, 0.5) is 0 Å². The van der Waals surface area contributed by atoms with E-state index in [9.17, 15) is 19.2 Å². The Hall–Kier alpha value is -4.28. The molecule has 2 aromatic carbocycles. The Bertz CT molecular complexity index is 1250. The number of fused-ring (bicyclic) bond motifs is 2. The summed E-state index contributed by atoms with van der Waals surface area (Å²) >= 11 is 0. The molecule has 0 unspecified atom stereocenters. The van der Waals surface area contributed by atoms with Crippen molar-refractivity contribution in [1.29, 1.82) is 0 Å². The van der Waals surface area contributed by atoms with Crippen LogP contribution < -0.4 is 30.2 Å². The van der Waals surface area contributed by atoms with Crippen LogP contribution in [0.2, 0.25) is 0 Å². The number of hydrogen-bond donors (Lipinski definition) is 3. The third-order valence-electron chi connectivity index (χ3n) is 7.28. The third-order valence-corrected chi connectivity index (χ3v) is 7.28. The summed E-state index contributed by atoms with van der Waals surface area (Å²) in [5.74, 6) is 0.257. The molecular formula is C31H40N4O7. The predicted molar refractivity (Wildman–Crippen MR) is 155 cm³/mol. The Balaban J connectivity index is 1.50. The molecule has 4 rings (SSSR count). The second-order valence-electron chi connectivity index (χ2n) is 10.9. The maximum atomic E-state index is 13.5. The number of amides is 4. The van der Waals surface area contributed by atoms with E-state index in [0.29, 0.717) is 49.0 Å². The van der Waals surface area contributed by atoms with Gasteiger partial charge in [0.1, 0.15) is 42.5 Å². The van der Waals surface area contributed by atoms with E-state index in [-0.39, 0.29) is 49.6 Å². The molecule has 2 aromatic rings. The molecule has 0 aromatic heterocycles. The molecule has 3 N–H and O–H groups in total. The lowest BCUT2D eigenvalue weighted by Crippen LogP contribution is -2.54. The maximum Gasteiger partial charge on any atom is 0.255 e. The summed E-state index contributed by atoms with van der Waals surface area (Å²) < 4.78 is 16.9. The first-order chi connectivity index (χ1) is 20.2. The maximum absolute atomic E-state index is 13.5. The Morgan fingerprint density at radius 2 is 1.81 bits per heavy atom. The van der Waals surface area contributed by atoms with Gasteiger partial charge in [-0.05, 0) is 61.6 Å². The quantitative estimate of drug-likeness (QED) is 0.408. The fourth-order valence-electron chi connectivity index (χ4n) is 5.22. The van der Waals surface area contributed by atoms with Gasteiger partial charge in [-0.15, -0.1) is 0 Å². The topological polar surface area (TPSA) is 135 Å². The van der Waals surface area contributed by atoms with E-state index >= 15 is 0 Å². The number of carbonyl (C=O) groups excluding carboxylic acids is 4. The van der Waals surface area contributed by atoms with Gasteiger partial charge < -0.3 is 35.1 Å². The normalized spacial score (nSPS) is 21.3. The van der Waals surface area contributed by atoms with Crippen molar-refractivity contribution in [2.75, 3.05) is 33.4 Å². The molecule has 226 valence electrons. The third kappa shape index (κ3) is 8.14. The second kappa shape index (κ2) is 14.6. The van der Waals surface area contributed by atoms with Gasteiger partial charge in [0.15, 0.2) is 0 Å². The van der Waals surface area contributed by atoms with Crippen molar-refractivity contribution >= 4 is 23.6 Å². The van der Waals surface area contributed by atoms with Crippen molar-refractivity contribution in [2.24, 2.45) is 5.92 Å². The van der Waals surface area contributed by atoms with E-state index in [2.05, 4.69) is 29.8 Å². The van der Waals surface area contributed by atoms with E-state index in [1.54, 1.807) is 55.6 Å². The average molecular weight is 581 g/mol. The van der Waals surface area contributed by atoms with Crippen molar-refractivity contribution < 1.29 is 33.4 Å². The number of rotatable bonds is 8. The second-order valence-corrected chi connectivity index (χ2v) is 10.9. The summed E-state index contributed by atoms with van der Waals surface area (Å²) in [6.45, 7) is 5.00. The van der Waals surface area contributed by atoms with Crippen LogP contribution >= 0.6 is 0 Å². The van der Waals surface area contributed by atoms with E-state index in [1.165, 1.54) is 4.90 Å². The Labute approximate surface area is 246 Å². The Morgan fingerprint density at radius 3 is 2.55 bits per heavy atom. The van der Waals surface area contributed by atoms with Crippen molar-refractivity contribution in [3.8, 4) is 17.2 Å². The van der Waals surface area contributed by atoms with Crippen LogP contribution in [0.25, 0.3) is 0 Å². The van der Waals surface area contributed by atoms with Gasteiger partial charge in [-0.3, -0.25) is 19.2 Å². The van der Waals surface area contributed by atoms with Crippen LogP contribution in [0.5, 0.6) is 17.2 Å². The van der Waals surface area contributed by atoms with Gasteiger partial charge in [0, 0.05) is 6.54 Å². The monoisotopic (exact) mass is 580 g/mol. The molecule has 0 aliphatic carbocycles. The highest BCUT2D eigenvalue weighted by Crippen LogP contribution is 2.23. The van der Waals surface area contributed by atoms with Crippen LogP contribution in [0.15, 0.2) is 48.5 Å². The van der Waals surface area contributed by atoms with Crippen LogP contribution in [0.1, 0.15) is 49.9 Å². The van der Waals surface area contributed by atoms with E-state index in [0.717, 1.165) is 0 Å². The first-order valence-corrected chi connectivity index (χ1v) is 14.4. The fourth-order valence-corrected chi connectivity index (χ4v) is 5.22. The molecule has 42 heavy (non-hydrogen) atoms. The zero-order valence-corrected chi connectivity index (χ0v) is 24.4. The first-order valence-electron chi connectivity index (χ1n) is 14.4. The minimum Gasteiger partial charge on any atom is -0.497 e. The summed E-state index contributed by atoms with van der Waals surface area (Å²) in [5, 5.41) is 8.55. The molecule has 1 saturated heterocycles. The SMILES string of the molecule is COc1ccc(OCCNC(=O)[C@@H]2CC(=O)N3CCC[C@@H]3C(=O)N[C@@H](CC(C)C)COc3ccccc3C(=O)N2)cc1. The molecule has 11 heteroatoms. The van der Waals surface area contributed by atoms with Crippen LogP contribution in [-0.4, -0.2) is 80.1 Å². The highest BCUT2D eigenvalue weighted by Gasteiger charge is 2.37. The number of nitrogens with one attached hydrogen (secondary N) is 3. The first kappa shape index (κ1) is 30.7. The Kier molecular flexibility index (Phi) is 10.6. The van der Waals surface area contributed by atoms with Gasteiger partial charge in [0.25, 0.3) is 5.91 Å². The smallest absolute Gasteiger partial charge is 0.255 e. The van der Waals surface area contributed by atoms with Crippen LogP contribution in [0, 0.1) is 5.92 Å². The average Bonchev–Trinajstić information content (AvgIpc) is 3.48. The lowest BCUT2D eigenvalue weighted by atomic mass is 10.0. The number of ether oxygens (including phenoxy) is 3. The van der Waals surface area contributed by atoms with Crippen molar-refractivity contribution in [2.45, 2.75) is 57.7 Å². The zero-order chi connectivity index (χ0) is 30.1.